The molecule has 0 unspecified atom stereocenters. The average molecular weight is 173 g/mol. The maximum atomic E-state index is 4.52. The van der Waals surface area contributed by atoms with Gasteiger partial charge in [-0.3, -0.25) is 4.99 Å². The standard InChI is InChI=1S/C12H15N/c1-10-6-2-3-7-11(10)12-8-4-5-9-13-12/h4,6-8H,2-3,5,9H2,1H3. The van der Waals surface area contributed by atoms with Crippen molar-refractivity contribution in [3.8, 4) is 0 Å². The minimum Gasteiger partial charge on any atom is -0.284 e. The second-order valence-electron chi connectivity index (χ2n) is 3.54. The molecule has 0 aromatic heterocycles. The van der Waals surface area contributed by atoms with Crippen molar-refractivity contribution in [3.05, 3.63) is 35.5 Å². The number of dihydropyridines is 1. The summed E-state index contributed by atoms with van der Waals surface area (Å²) >= 11 is 0. The van der Waals surface area contributed by atoms with Crippen molar-refractivity contribution in [1.82, 2.24) is 0 Å². The van der Waals surface area contributed by atoms with Crippen LogP contribution in [-0.4, -0.2) is 12.3 Å². The molecule has 1 aliphatic carbocycles. The molecular formula is C12H15N. The van der Waals surface area contributed by atoms with Gasteiger partial charge in [-0.15, -0.1) is 0 Å². The molecule has 2 aliphatic rings. The van der Waals surface area contributed by atoms with Gasteiger partial charge in [0.15, 0.2) is 0 Å². The van der Waals surface area contributed by atoms with Gasteiger partial charge in [0.25, 0.3) is 0 Å². The first-order chi connectivity index (χ1) is 6.38. The van der Waals surface area contributed by atoms with Crippen molar-refractivity contribution < 1.29 is 0 Å². The SMILES string of the molecule is CC1=CCCC=C1C1=NCCC=C1. The Hall–Kier alpha value is -1.11. The van der Waals surface area contributed by atoms with E-state index in [1.165, 1.54) is 29.7 Å². The van der Waals surface area contributed by atoms with Gasteiger partial charge in [-0.1, -0.05) is 18.2 Å². The van der Waals surface area contributed by atoms with Crippen molar-refractivity contribution in [3.63, 3.8) is 0 Å². The molecule has 0 amide bonds. The van der Waals surface area contributed by atoms with Crippen LogP contribution in [0.2, 0.25) is 0 Å². The first-order valence-corrected chi connectivity index (χ1v) is 4.96. The Balaban J connectivity index is 2.25. The number of hydrogen-bond acceptors (Lipinski definition) is 1. The molecular weight excluding hydrogens is 158 g/mol. The van der Waals surface area contributed by atoms with E-state index in [9.17, 15) is 0 Å². The molecule has 68 valence electrons. The predicted octanol–water partition coefficient (Wildman–Crippen LogP) is 3.05. The number of rotatable bonds is 1. The van der Waals surface area contributed by atoms with Crippen LogP contribution in [-0.2, 0) is 0 Å². The van der Waals surface area contributed by atoms with Gasteiger partial charge >= 0.3 is 0 Å². The molecule has 1 nitrogen and oxygen atoms in total. The number of allylic oxidation sites excluding steroid dienone is 5. The van der Waals surface area contributed by atoms with Crippen LogP contribution < -0.4 is 0 Å². The molecule has 0 saturated heterocycles. The molecule has 0 radical (unpaired) electrons. The Morgan fingerprint density at radius 2 is 2.00 bits per heavy atom. The quantitative estimate of drug-likeness (QED) is 0.578. The van der Waals surface area contributed by atoms with Crippen LogP contribution in [0.1, 0.15) is 26.2 Å². The molecule has 1 heterocycles. The Morgan fingerprint density at radius 3 is 2.69 bits per heavy atom. The fraction of sp³-hybridized carbons (Fsp3) is 0.417. The summed E-state index contributed by atoms with van der Waals surface area (Å²) in [6.45, 7) is 3.13. The summed E-state index contributed by atoms with van der Waals surface area (Å²) < 4.78 is 0. The molecule has 0 atom stereocenters. The lowest BCUT2D eigenvalue weighted by Crippen LogP contribution is -2.07. The van der Waals surface area contributed by atoms with Crippen molar-refractivity contribution >= 4 is 5.71 Å². The first kappa shape index (κ1) is 8.49. The Bertz CT molecular complexity index is 316. The fourth-order valence-electron chi connectivity index (χ4n) is 1.79. The zero-order valence-electron chi connectivity index (χ0n) is 8.09. The highest BCUT2D eigenvalue weighted by Crippen LogP contribution is 2.21. The molecule has 0 spiro atoms. The minimum absolute atomic E-state index is 0.955. The van der Waals surface area contributed by atoms with Gasteiger partial charge in [-0.25, -0.2) is 0 Å². The van der Waals surface area contributed by atoms with Crippen LogP contribution >= 0.6 is 0 Å². The van der Waals surface area contributed by atoms with Gasteiger partial charge in [0.05, 0.1) is 5.71 Å². The first-order valence-electron chi connectivity index (χ1n) is 4.96. The molecule has 1 aliphatic heterocycles. The van der Waals surface area contributed by atoms with Crippen LogP contribution in [0, 0.1) is 0 Å². The predicted molar refractivity (Wildman–Crippen MR) is 57.1 cm³/mol. The van der Waals surface area contributed by atoms with Gasteiger partial charge in [0, 0.05) is 6.54 Å². The van der Waals surface area contributed by atoms with Gasteiger partial charge in [0.2, 0.25) is 0 Å². The van der Waals surface area contributed by atoms with E-state index in [-0.39, 0.29) is 0 Å². The summed E-state index contributed by atoms with van der Waals surface area (Å²) in [5, 5.41) is 0. The number of hydrogen-bond donors (Lipinski definition) is 0. The zero-order valence-corrected chi connectivity index (χ0v) is 8.09. The summed E-state index contributed by atoms with van der Waals surface area (Å²) in [7, 11) is 0. The van der Waals surface area contributed by atoms with Gasteiger partial charge in [-0.05, 0) is 43.4 Å². The smallest absolute Gasteiger partial charge is 0.0642 e. The molecule has 13 heavy (non-hydrogen) atoms. The molecule has 1 heteroatoms. The second kappa shape index (κ2) is 3.73. The minimum atomic E-state index is 0.955. The Morgan fingerprint density at radius 1 is 1.15 bits per heavy atom. The van der Waals surface area contributed by atoms with E-state index in [1.54, 1.807) is 0 Å². The van der Waals surface area contributed by atoms with E-state index < -0.39 is 0 Å². The fourth-order valence-corrected chi connectivity index (χ4v) is 1.79. The topological polar surface area (TPSA) is 12.4 Å². The highest BCUT2D eigenvalue weighted by molar-refractivity contribution is 6.11. The van der Waals surface area contributed by atoms with Crippen LogP contribution in [0.15, 0.2) is 40.4 Å². The third kappa shape index (κ3) is 1.80. The van der Waals surface area contributed by atoms with Crippen LogP contribution in [0.5, 0.6) is 0 Å². The zero-order chi connectivity index (χ0) is 9.10. The van der Waals surface area contributed by atoms with Crippen LogP contribution in [0.3, 0.4) is 0 Å². The van der Waals surface area contributed by atoms with Gasteiger partial charge in [-0.2, -0.15) is 0 Å². The Labute approximate surface area is 79.6 Å². The lowest BCUT2D eigenvalue weighted by Gasteiger charge is -2.14. The maximum absolute atomic E-state index is 4.52. The van der Waals surface area contributed by atoms with E-state index in [1.807, 2.05) is 0 Å². The van der Waals surface area contributed by atoms with Crippen molar-refractivity contribution in [2.75, 3.05) is 6.54 Å². The summed E-state index contributed by atoms with van der Waals surface area (Å²) in [5.41, 5.74) is 3.92. The van der Waals surface area contributed by atoms with Gasteiger partial charge < -0.3 is 0 Å². The van der Waals surface area contributed by atoms with Gasteiger partial charge in [0.1, 0.15) is 0 Å². The number of aliphatic imine (C=N–C) groups is 1. The molecule has 0 aromatic carbocycles. The van der Waals surface area contributed by atoms with Crippen molar-refractivity contribution in [1.29, 1.82) is 0 Å². The highest BCUT2D eigenvalue weighted by Gasteiger charge is 2.10. The average Bonchev–Trinajstić information content (AvgIpc) is 2.20. The van der Waals surface area contributed by atoms with Crippen LogP contribution in [0.25, 0.3) is 0 Å². The van der Waals surface area contributed by atoms with E-state index in [0.717, 1.165) is 13.0 Å². The van der Waals surface area contributed by atoms with E-state index in [2.05, 4.69) is 36.2 Å². The summed E-state index contributed by atoms with van der Waals surface area (Å²) in [4.78, 5) is 4.52. The Kier molecular flexibility index (Phi) is 2.44. The normalized spacial score (nSPS) is 22.1. The summed E-state index contributed by atoms with van der Waals surface area (Å²) in [6, 6.07) is 0. The molecule has 2 rings (SSSR count). The molecule has 0 saturated carbocycles. The molecule has 0 bridgehead atoms. The molecule has 0 aromatic rings. The van der Waals surface area contributed by atoms with Crippen molar-refractivity contribution in [2.24, 2.45) is 4.99 Å². The number of nitrogens with zero attached hydrogens (tertiary/aromatic N) is 1. The monoisotopic (exact) mass is 173 g/mol. The largest absolute Gasteiger partial charge is 0.284 e. The molecule has 0 N–H and O–H groups in total. The second-order valence-corrected chi connectivity index (χ2v) is 3.54. The van der Waals surface area contributed by atoms with Crippen molar-refractivity contribution in [2.45, 2.75) is 26.2 Å². The highest BCUT2D eigenvalue weighted by atomic mass is 14.7. The summed E-state index contributed by atoms with van der Waals surface area (Å²) in [6.07, 6.45) is 12.4. The third-order valence-corrected chi connectivity index (χ3v) is 2.52. The maximum Gasteiger partial charge on any atom is 0.0642 e. The third-order valence-electron chi connectivity index (χ3n) is 2.52. The molecule has 0 fully saturated rings. The van der Waals surface area contributed by atoms with Crippen LogP contribution in [0.4, 0.5) is 0 Å². The lowest BCUT2D eigenvalue weighted by molar-refractivity contribution is 0.979. The van der Waals surface area contributed by atoms with E-state index in [4.69, 9.17) is 0 Å². The van der Waals surface area contributed by atoms with E-state index in [0.29, 0.717) is 0 Å². The lowest BCUT2D eigenvalue weighted by atomic mass is 9.94. The summed E-state index contributed by atoms with van der Waals surface area (Å²) in [5.74, 6) is 0. The van der Waals surface area contributed by atoms with E-state index >= 15 is 0 Å².